The molecule has 0 aliphatic carbocycles. The molecule has 0 saturated heterocycles. The summed E-state index contributed by atoms with van der Waals surface area (Å²) in [5, 5.41) is 0. The van der Waals surface area contributed by atoms with E-state index in [4.69, 9.17) is 20.5 Å². The molecule has 1 aromatic carbocycles. The fourth-order valence-electron chi connectivity index (χ4n) is 1.95. The third kappa shape index (κ3) is 4.80. The van der Waals surface area contributed by atoms with E-state index in [1.54, 1.807) is 7.11 Å². The van der Waals surface area contributed by atoms with Crippen LogP contribution in [0.5, 0.6) is 0 Å². The molecule has 0 bridgehead atoms. The van der Waals surface area contributed by atoms with E-state index < -0.39 is 8.56 Å². The van der Waals surface area contributed by atoms with Gasteiger partial charge in [0, 0.05) is 25.6 Å². The second-order valence-corrected chi connectivity index (χ2v) is 7.75. The fraction of sp³-hybridized carbons (Fsp3) is 0.538. The predicted octanol–water partition coefficient (Wildman–Crippen LogP) is 3.52. The monoisotopic (exact) mass is 272 g/mol. The number of hydrogen-bond donors (Lipinski definition) is 0. The van der Waals surface area contributed by atoms with Crippen LogP contribution < -0.4 is 0 Å². The van der Waals surface area contributed by atoms with Crippen LogP contribution in [0.25, 0.3) is 0 Å². The van der Waals surface area contributed by atoms with E-state index in [0.717, 1.165) is 18.5 Å². The van der Waals surface area contributed by atoms with Crippen molar-refractivity contribution < 1.29 is 8.85 Å². The lowest BCUT2D eigenvalue weighted by atomic mass is 10.2. The van der Waals surface area contributed by atoms with Crippen molar-refractivity contribution in [2.75, 3.05) is 19.6 Å². The Labute approximate surface area is 110 Å². The normalized spacial score (nSPS) is 14.5. The van der Waals surface area contributed by atoms with Crippen LogP contribution in [0.4, 0.5) is 0 Å². The number of rotatable bonds is 8. The summed E-state index contributed by atoms with van der Waals surface area (Å²) < 4.78 is 11.7. The largest absolute Gasteiger partial charge is 0.397 e. The number of alkyl halides is 1. The second-order valence-electron chi connectivity index (χ2n) is 4.00. The highest BCUT2D eigenvalue weighted by Gasteiger charge is 2.35. The van der Waals surface area contributed by atoms with Crippen LogP contribution in [-0.4, -0.2) is 28.2 Å². The van der Waals surface area contributed by atoms with Crippen LogP contribution in [-0.2, 0) is 14.9 Å². The van der Waals surface area contributed by atoms with Crippen LogP contribution in [0.1, 0.15) is 18.9 Å². The van der Waals surface area contributed by atoms with Crippen molar-refractivity contribution in [3.8, 4) is 0 Å². The van der Waals surface area contributed by atoms with Gasteiger partial charge in [0.15, 0.2) is 0 Å². The highest BCUT2D eigenvalue weighted by atomic mass is 35.5. The van der Waals surface area contributed by atoms with Gasteiger partial charge in [0.1, 0.15) is 0 Å². The highest BCUT2D eigenvalue weighted by Crippen LogP contribution is 2.21. The third-order valence-corrected chi connectivity index (χ3v) is 6.68. The number of hydrogen-bond acceptors (Lipinski definition) is 2. The summed E-state index contributed by atoms with van der Waals surface area (Å²) in [6.45, 7) is 2.72. The maximum atomic E-state index is 5.94. The Morgan fingerprint density at radius 3 is 2.47 bits per heavy atom. The van der Waals surface area contributed by atoms with E-state index >= 15 is 0 Å². The topological polar surface area (TPSA) is 18.5 Å². The zero-order valence-corrected chi connectivity index (χ0v) is 12.4. The molecule has 1 rings (SSSR count). The Morgan fingerprint density at radius 2 is 1.94 bits per heavy atom. The molecule has 0 amide bonds. The van der Waals surface area contributed by atoms with Gasteiger partial charge in [0.2, 0.25) is 0 Å². The average Bonchev–Trinajstić information content (AvgIpc) is 2.37. The van der Waals surface area contributed by atoms with Gasteiger partial charge >= 0.3 is 8.56 Å². The Morgan fingerprint density at radius 1 is 1.24 bits per heavy atom. The first-order chi connectivity index (χ1) is 8.26. The van der Waals surface area contributed by atoms with Crippen molar-refractivity contribution in [2.24, 2.45) is 0 Å². The lowest BCUT2D eigenvalue weighted by Crippen LogP contribution is -2.44. The van der Waals surface area contributed by atoms with Crippen molar-refractivity contribution >= 4 is 20.2 Å². The maximum absolute atomic E-state index is 5.94. The van der Waals surface area contributed by atoms with Crippen LogP contribution in [0.15, 0.2) is 30.3 Å². The maximum Gasteiger partial charge on any atom is 0.342 e. The molecule has 0 spiro atoms. The molecule has 0 aliphatic heterocycles. The Hall–Kier alpha value is -0.353. The van der Waals surface area contributed by atoms with E-state index in [-0.39, 0.29) is 0 Å². The zero-order chi connectivity index (χ0) is 12.6. The fourth-order valence-corrected chi connectivity index (χ4v) is 5.30. The van der Waals surface area contributed by atoms with Crippen molar-refractivity contribution in [3.63, 3.8) is 0 Å². The lowest BCUT2D eigenvalue weighted by molar-refractivity contribution is 0.207. The Kier molecular flexibility index (Phi) is 6.81. The summed E-state index contributed by atoms with van der Waals surface area (Å²) in [4.78, 5) is 0. The highest BCUT2D eigenvalue weighted by molar-refractivity contribution is 6.66. The van der Waals surface area contributed by atoms with Crippen LogP contribution in [0.3, 0.4) is 0 Å². The van der Waals surface area contributed by atoms with Crippen molar-refractivity contribution in [1.29, 1.82) is 0 Å². The number of benzene rings is 1. The van der Waals surface area contributed by atoms with Crippen molar-refractivity contribution in [3.05, 3.63) is 35.9 Å². The SMILES string of the molecule is CCO[Si](CCCCl)(Cc1ccccc1)OC. The van der Waals surface area contributed by atoms with E-state index in [1.165, 1.54) is 5.56 Å². The van der Waals surface area contributed by atoms with Gasteiger partial charge in [-0.15, -0.1) is 11.6 Å². The van der Waals surface area contributed by atoms with Gasteiger partial charge in [-0.3, -0.25) is 0 Å². The summed E-state index contributed by atoms with van der Waals surface area (Å²) in [6, 6.07) is 12.2. The standard InChI is InChI=1S/C13H21ClO2Si/c1-3-16-17(15-2,11-7-10-14)12-13-8-5-4-6-9-13/h4-6,8-9H,3,7,10-12H2,1-2H3. The van der Waals surface area contributed by atoms with Gasteiger partial charge in [-0.05, 0) is 25.0 Å². The summed E-state index contributed by atoms with van der Waals surface area (Å²) >= 11 is 5.78. The molecule has 1 unspecified atom stereocenters. The molecule has 17 heavy (non-hydrogen) atoms. The molecular weight excluding hydrogens is 252 g/mol. The molecule has 4 heteroatoms. The van der Waals surface area contributed by atoms with Gasteiger partial charge in [-0.1, -0.05) is 30.3 Å². The van der Waals surface area contributed by atoms with E-state index in [2.05, 4.69) is 24.3 Å². The molecule has 0 fully saturated rings. The molecule has 0 aliphatic rings. The molecular formula is C13H21ClO2Si. The Balaban J connectivity index is 2.74. The summed E-state index contributed by atoms with van der Waals surface area (Å²) in [7, 11) is -0.353. The molecule has 1 aromatic rings. The minimum absolute atomic E-state index is 0.667. The smallest absolute Gasteiger partial charge is 0.342 e. The molecule has 0 aromatic heterocycles. The first-order valence-corrected chi connectivity index (χ1v) is 8.82. The van der Waals surface area contributed by atoms with Gasteiger partial charge in [0.25, 0.3) is 0 Å². The molecule has 1 atom stereocenters. The van der Waals surface area contributed by atoms with E-state index in [9.17, 15) is 0 Å². The predicted molar refractivity (Wildman–Crippen MR) is 74.7 cm³/mol. The molecule has 96 valence electrons. The van der Waals surface area contributed by atoms with Crippen LogP contribution >= 0.6 is 11.6 Å². The summed E-state index contributed by atoms with van der Waals surface area (Å²) in [6.07, 6.45) is 0.953. The minimum atomic E-state index is -2.12. The minimum Gasteiger partial charge on any atom is -0.397 e. The van der Waals surface area contributed by atoms with E-state index in [0.29, 0.717) is 12.5 Å². The van der Waals surface area contributed by atoms with Crippen LogP contribution in [0, 0.1) is 0 Å². The van der Waals surface area contributed by atoms with E-state index in [1.807, 2.05) is 13.0 Å². The van der Waals surface area contributed by atoms with Gasteiger partial charge in [-0.25, -0.2) is 0 Å². The second kappa shape index (κ2) is 7.87. The number of halogens is 1. The van der Waals surface area contributed by atoms with Crippen LogP contribution in [0.2, 0.25) is 6.04 Å². The first kappa shape index (κ1) is 14.7. The molecule has 0 saturated carbocycles. The zero-order valence-electron chi connectivity index (χ0n) is 10.6. The van der Waals surface area contributed by atoms with Gasteiger partial charge in [0.05, 0.1) is 0 Å². The first-order valence-electron chi connectivity index (χ1n) is 6.05. The van der Waals surface area contributed by atoms with Crippen molar-refractivity contribution in [2.45, 2.75) is 25.4 Å². The molecule has 0 heterocycles. The quantitative estimate of drug-likeness (QED) is 0.533. The van der Waals surface area contributed by atoms with Gasteiger partial charge in [-0.2, -0.15) is 0 Å². The van der Waals surface area contributed by atoms with Crippen molar-refractivity contribution in [1.82, 2.24) is 0 Å². The molecule has 0 N–H and O–H groups in total. The lowest BCUT2D eigenvalue weighted by Gasteiger charge is -2.28. The molecule has 2 nitrogen and oxygen atoms in total. The van der Waals surface area contributed by atoms with Gasteiger partial charge < -0.3 is 8.85 Å². The third-order valence-electron chi connectivity index (χ3n) is 2.79. The molecule has 0 radical (unpaired) electrons. The Bertz CT molecular complexity index is 308. The average molecular weight is 273 g/mol. The summed E-state index contributed by atoms with van der Waals surface area (Å²) in [5.74, 6) is 0.667. The summed E-state index contributed by atoms with van der Waals surface area (Å²) in [5.41, 5.74) is 1.28.